The molecule has 0 saturated heterocycles. The van der Waals surface area contributed by atoms with Crippen LogP contribution in [0.4, 0.5) is 0 Å². The van der Waals surface area contributed by atoms with Gasteiger partial charge in [0.25, 0.3) is 0 Å². The van der Waals surface area contributed by atoms with Crippen molar-refractivity contribution in [3.05, 3.63) is 156 Å². The van der Waals surface area contributed by atoms with Gasteiger partial charge in [-0.2, -0.15) is 0 Å². The Morgan fingerprint density at radius 1 is 0.234 bits per heavy atom. The third-order valence-corrected chi connectivity index (χ3v) is 15.7. The van der Waals surface area contributed by atoms with Gasteiger partial charge in [-0.15, -0.1) is 0 Å². The summed E-state index contributed by atoms with van der Waals surface area (Å²) >= 11 is 0. The standard InChI is InChI=1S/C64H50/c1-62(2,3)34-16-14-33(15-17-34)53-38-12-10-11-13-39(38)57-46-21-19-36(64(7,8)9)31-50(46)60-59-48-29-28-44-42-24-26-45-49-30-35(63(4,5)6)18-20-37(49)40-22-23-41(55(42)54(40)45)43-25-27-47(58(48)56(43)44)51(59)32-52(53)61(57)60/h10-32H,1-9H3. The van der Waals surface area contributed by atoms with E-state index < -0.39 is 0 Å². The molecule has 0 atom stereocenters. The Kier molecular flexibility index (Phi) is 6.69. The Morgan fingerprint density at radius 2 is 0.625 bits per heavy atom. The molecule has 13 aromatic rings. The van der Waals surface area contributed by atoms with E-state index in [0.717, 1.165) is 0 Å². The Morgan fingerprint density at radius 3 is 1.27 bits per heavy atom. The molecule has 0 N–H and O–H groups in total. The summed E-state index contributed by atoms with van der Waals surface area (Å²) in [6.45, 7) is 20.9. The third-order valence-electron chi connectivity index (χ3n) is 15.7. The van der Waals surface area contributed by atoms with Crippen molar-refractivity contribution >= 4 is 108 Å². The van der Waals surface area contributed by atoms with Crippen molar-refractivity contribution < 1.29 is 0 Å². The van der Waals surface area contributed by atoms with Crippen LogP contribution in [-0.4, -0.2) is 0 Å². The summed E-state index contributed by atoms with van der Waals surface area (Å²) in [5, 5.41) is 27.4. The van der Waals surface area contributed by atoms with E-state index in [9.17, 15) is 0 Å². The lowest BCUT2D eigenvalue weighted by atomic mass is 9.84. The molecule has 0 amide bonds. The molecule has 0 radical (unpaired) electrons. The maximum atomic E-state index is 2.59. The summed E-state index contributed by atoms with van der Waals surface area (Å²) < 4.78 is 0. The zero-order chi connectivity index (χ0) is 43.5. The Balaban J connectivity index is 1.16. The van der Waals surface area contributed by atoms with Gasteiger partial charge in [0.15, 0.2) is 0 Å². The average molecular weight is 819 g/mol. The van der Waals surface area contributed by atoms with Crippen molar-refractivity contribution in [2.45, 2.75) is 78.6 Å². The third kappa shape index (κ3) is 4.49. The number of hydrogen-bond acceptors (Lipinski definition) is 0. The topological polar surface area (TPSA) is 0 Å². The summed E-state index contributed by atoms with van der Waals surface area (Å²) in [7, 11) is 0. The highest BCUT2D eigenvalue weighted by atomic mass is 14.3. The first-order chi connectivity index (χ1) is 30.7. The fourth-order valence-electron chi connectivity index (χ4n) is 12.5. The zero-order valence-electron chi connectivity index (χ0n) is 38.3. The molecular formula is C64H50. The van der Waals surface area contributed by atoms with Crippen LogP contribution in [-0.2, 0) is 16.2 Å². The van der Waals surface area contributed by atoms with Crippen molar-refractivity contribution in [3.63, 3.8) is 0 Å². The molecule has 1 aliphatic rings. The summed E-state index contributed by atoms with van der Waals surface area (Å²) in [6, 6.07) is 55.4. The predicted octanol–water partition coefficient (Wildman–Crippen LogP) is 18.7. The van der Waals surface area contributed by atoms with Crippen molar-refractivity contribution in [1.82, 2.24) is 0 Å². The molecule has 0 heteroatoms. The van der Waals surface area contributed by atoms with Crippen LogP contribution >= 0.6 is 0 Å². The van der Waals surface area contributed by atoms with Gasteiger partial charge in [-0.05, 0) is 192 Å². The van der Waals surface area contributed by atoms with Gasteiger partial charge in [0.1, 0.15) is 0 Å². The Bertz CT molecular complexity index is 4170. The van der Waals surface area contributed by atoms with E-state index in [-0.39, 0.29) is 16.2 Å². The fourth-order valence-corrected chi connectivity index (χ4v) is 12.5. The number of hydrogen-bond donors (Lipinski definition) is 0. The van der Waals surface area contributed by atoms with E-state index >= 15 is 0 Å². The number of rotatable bonds is 1. The van der Waals surface area contributed by atoms with Crippen LogP contribution in [0.15, 0.2) is 140 Å². The molecule has 14 rings (SSSR count). The van der Waals surface area contributed by atoms with Gasteiger partial charge in [0.2, 0.25) is 0 Å². The van der Waals surface area contributed by atoms with Crippen LogP contribution in [0.5, 0.6) is 0 Å². The second-order valence-electron chi connectivity index (χ2n) is 22.4. The maximum absolute atomic E-state index is 2.59. The largest absolute Gasteiger partial charge is 0.0616 e. The molecule has 0 spiro atoms. The molecule has 306 valence electrons. The Hall–Kier alpha value is -6.76. The van der Waals surface area contributed by atoms with Gasteiger partial charge in [-0.25, -0.2) is 0 Å². The molecule has 0 fully saturated rings. The first-order valence-electron chi connectivity index (χ1n) is 23.3. The molecule has 0 aromatic heterocycles. The van der Waals surface area contributed by atoms with Gasteiger partial charge in [0, 0.05) is 0 Å². The molecule has 0 heterocycles. The first kappa shape index (κ1) is 36.7. The Labute approximate surface area is 374 Å². The van der Waals surface area contributed by atoms with E-state index in [1.165, 1.54) is 158 Å². The highest BCUT2D eigenvalue weighted by Gasteiger charge is 2.30. The van der Waals surface area contributed by atoms with E-state index in [2.05, 4.69) is 202 Å². The van der Waals surface area contributed by atoms with Crippen LogP contribution in [0.2, 0.25) is 0 Å². The highest BCUT2D eigenvalue weighted by Crippen LogP contribution is 2.57. The van der Waals surface area contributed by atoms with Gasteiger partial charge in [-0.3, -0.25) is 0 Å². The lowest BCUT2D eigenvalue weighted by molar-refractivity contribution is 0.590. The van der Waals surface area contributed by atoms with E-state index in [1.807, 2.05) is 0 Å². The molecule has 0 nitrogen and oxygen atoms in total. The minimum absolute atomic E-state index is 0.0124. The molecular weight excluding hydrogens is 769 g/mol. The summed E-state index contributed by atoms with van der Waals surface area (Å²) in [5.41, 5.74) is 12.4. The summed E-state index contributed by atoms with van der Waals surface area (Å²) in [4.78, 5) is 0. The molecule has 0 saturated carbocycles. The van der Waals surface area contributed by atoms with Crippen LogP contribution < -0.4 is 0 Å². The molecule has 0 aliphatic heterocycles. The quantitative estimate of drug-likeness (QED) is 0.114. The summed E-state index contributed by atoms with van der Waals surface area (Å²) in [6.07, 6.45) is 0. The lowest BCUT2D eigenvalue weighted by Crippen LogP contribution is -2.10. The minimum atomic E-state index is 0.0124. The molecule has 13 aromatic carbocycles. The van der Waals surface area contributed by atoms with Crippen LogP contribution in [0.1, 0.15) is 79.0 Å². The van der Waals surface area contributed by atoms with Gasteiger partial charge in [-0.1, -0.05) is 184 Å². The van der Waals surface area contributed by atoms with Crippen molar-refractivity contribution in [3.8, 4) is 33.4 Å². The fraction of sp³-hybridized carbons (Fsp3) is 0.188. The normalized spacial score (nSPS) is 13.7. The van der Waals surface area contributed by atoms with Crippen LogP contribution in [0, 0.1) is 0 Å². The van der Waals surface area contributed by atoms with Gasteiger partial charge < -0.3 is 0 Å². The molecule has 64 heavy (non-hydrogen) atoms. The van der Waals surface area contributed by atoms with Crippen molar-refractivity contribution in [2.75, 3.05) is 0 Å². The first-order valence-corrected chi connectivity index (χ1v) is 23.3. The second-order valence-corrected chi connectivity index (χ2v) is 22.4. The van der Waals surface area contributed by atoms with Gasteiger partial charge >= 0.3 is 0 Å². The second kappa shape index (κ2) is 11.7. The molecule has 0 unspecified atom stereocenters. The number of fused-ring (bicyclic) bond motifs is 14. The van der Waals surface area contributed by atoms with Crippen LogP contribution in [0.3, 0.4) is 0 Å². The highest BCUT2D eigenvalue weighted by molar-refractivity contribution is 6.51. The zero-order valence-corrected chi connectivity index (χ0v) is 38.3. The van der Waals surface area contributed by atoms with E-state index in [4.69, 9.17) is 0 Å². The molecule has 1 aliphatic carbocycles. The maximum Gasteiger partial charge on any atom is -0.000697 e. The SMILES string of the molecule is CC(C)(C)c1ccc(-c2c3ccccc3c3c4ccc(C(C)(C)C)cc4c4c5c(cc2c34)c2ccc3c4ccc6c7c(ccc(c8ccc5c2c38)c74)-c2cc(C(C)(C)C)ccc2-6)cc1. The number of benzene rings is 11. The van der Waals surface area contributed by atoms with Crippen molar-refractivity contribution in [2.24, 2.45) is 0 Å². The minimum Gasteiger partial charge on any atom is -0.0616 e. The van der Waals surface area contributed by atoms with E-state index in [0.29, 0.717) is 0 Å². The van der Waals surface area contributed by atoms with Crippen molar-refractivity contribution in [1.29, 1.82) is 0 Å². The monoisotopic (exact) mass is 818 g/mol. The average Bonchev–Trinajstić information content (AvgIpc) is 3.91. The predicted molar refractivity (Wildman–Crippen MR) is 281 cm³/mol. The molecule has 0 bridgehead atoms. The van der Waals surface area contributed by atoms with E-state index in [1.54, 1.807) is 0 Å². The summed E-state index contributed by atoms with van der Waals surface area (Å²) in [5.74, 6) is 0. The van der Waals surface area contributed by atoms with Gasteiger partial charge in [0.05, 0.1) is 0 Å². The lowest BCUT2D eigenvalue weighted by Gasteiger charge is -2.20. The van der Waals surface area contributed by atoms with Crippen LogP contribution in [0.25, 0.3) is 141 Å². The smallest absolute Gasteiger partial charge is 0.000697 e.